The van der Waals surface area contributed by atoms with Crippen LogP contribution >= 0.6 is 12.2 Å². The zero-order valence-corrected chi connectivity index (χ0v) is 14.7. The van der Waals surface area contributed by atoms with Gasteiger partial charge in [-0.05, 0) is 60.7 Å². The summed E-state index contributed by atoms with van der Waals surface area (Å²) in [5.41, 5.74) is 1.84. The summed E-state index contributed by atoms with van der Waals surface area (Å²) in [7, 11) is 1.64. The van der Waals surface area contributed by atoms with Crippen LogP contribution in [0.3, 0.4) is 0 Å². The van der Waals surface area contributed by atoms with E-state index in [1.807, 2.05) is 59.5 Å². The molecule has 3 rings (SSSR count). The van der Waals surface area contributed by atoms with Crippen LogP contribution < -0.4 is 10.1 Å². The van der Waals surface area contributed by atoms with Crippen molar-refractivity contribution in [3.05, 3.63) is 78.5 Å². The van der Waals surface area contributed by atoms with Gasteiger partial charge in [-0.25, -0.2) is 0 Å². The van der Waals surface area contributed by atoms with Gasteiger partial charge in [0.2, 0.25) is 0 Å². The Labute approximate surface area is 152 Å². The van der Waals surface area contributed by atoms with Crippen molar-refractivity contribution >= 4 is 23.0 Å². The summed E-state index contributed by atoms with van der Waals surface area (Å²) < 4.78 is 10.6. The summed E-state index contributed by atoms with van der Waals surface area (Å²) in [6.07, 6.45) is 3.44. The standard InChI is InChI=1S/C19H19N3O2S/c1-23-17-9-7-15(8-10-17)21-19(25)22(14-18-6-4-12-24-18)13-16-5-2-3-11-20-16/h2-12H,13-14H2,1H3,(H,21,25). The van der Waals surface area contributed by atoms with Gasteiger partial charge in [0.1, 0.15) is 11.5 Å². The molecule has 0 fully saturated rings. The second-order valence-corrected chi connectivity index (χ2v) is 5.80. The number of pyridine rings is 1. The molecule has 0 radical (unpaired) electrons. The van der Waals surface area contributed by atoms with Gasteiger partial charge in [-0.1, -0.05) is 6.07 Å². The Hall–Kier alpha value is -2.86. The molecule has 2 aromatic heterocycles. The molecule has 6 heteroatoms. The monoisotopic (exact) mass is 353 g/mol. The molecule has 2 heterocycles. The average molecular weight is 353 g/mol. The molecule has 1 aromatic carbocycles. The molecule has 0 unspecified atom stereocenters. The Bertz CT molecular complexity index is 789. The zero-order chi connectivity index (χ0) is 17.5. The van der Waals surface area contributed by atoms with E-state index in [0.29, 0.717) is 18.2 Å². The lowest BCUT2D eigenvalue weighted by Gasteiger charge is -2.24. The van der Waals surface area contributed by atoms with Crippen LogP contribution in [0.25, 0.3) is 0 Å². The molecule has 0 saturated carbocycles. The van der Waals surface area contributed by atoms with Crippen LogP contribution in [0.1, 0.15) is 11.5 Å². The zero-order valence-electron chi connectivity index (χ0n) is 13.9. The summed E-state index contributed by atoms with van der Waals surface area (Å²) in [5, 5.41) is 3.86. The van der Waals surface area contributed by atoms with E-state index >= 15 is 0 Å². The quantitative estimate of drug-likeness (QED) is 0.674. The average Bonchev–Trinajstić information content (AvgIpc) is 3.16. The molecule has 128 valence electrons. The number of furan rings is 1. The van der Waals surface area contributed by atoms with E-state index in [1.165, 1.54) is 0 Å². The van der Waals surface area contributed by atoms with E-state index < -0.39 is 0 Å². The van der Waals surface area contributed by atoms with Gasteiger partial charge in [0.15, 0.2) is 5.11 Å². The van der Waals surface area contributed by atoms with Crippen LogP contribution in [0, 0.1) is 0 Å². The number of anilines is 1. The molecule has 3 aromatic rings. The highest BCUT2D eigenvalue weighted by Gasteiger charge is 2.13. The van der Waals surface area contributed by atoms with Crippen LogP contribution in [-0.4, -0.2) is 22.1 Å². The third-order valence-electron chi connectivity index (χ3n) is 3.63. The van der Waals surface area contributed by atoms with Gasteiger partial charge < -0.3 is 19.4 Å². The van der Waals surface area contributed by atoms with Crippen LogP contribution in [0.15, 0.2) is 71.5 Å². The summed E-state index contributed by atoms with van der Waals surface area (Å²) in [6.45, 7) is 1.15. The van der Waals surface area contributed by atoms with Crippen molar-refractivity contribution in [1.29, 1.82) is 0 Å². The highest BCUT2D eigenvalue weighted by Crippen LogP contribution is 2.17. The molecule has 0 atom stereocenters. The number of thiocarbonyl (C=S) groups is 1. The Morgan fingerprint density at radius 2 is 1.96 bits per heavy atom. The molecule has 0 bridgehead atoms. The van der Waals surface area contributed by atoms with Crippen molar-refractivity contribution in [1.82, 2.24) is 9.88 Å². The first-order valence-electron chi connectivity index (χ1n) is 7.87. The molecular formula is C19H19N3O2S. The van der Waals surface area contributed by atoms with Crippen LogP contribution in [0.4, 0.5) is 5.69 Å². The number of hydrogen-bond donors (Lipinski definition) is 1. The van der Waals surface area contributed by atoms with E-state index in [2.05, 4.69) is 10.3 Å². The summed E-state index contributed by atoms with van der Waals surface area (Å²) in [6, 6.07) is 17.3. The molecule has 25 heavy (non-hydrogen) atoms. The van der Waals surface area contributed by atoms with Crippen LogP contribution in [0.5, 0.6) is 5.75 Å². The van der Waals surface area contributed by atoms with Crippen LogP contribution in [0.2, 0.25) is 0 Å². The smallest absolute Gasteiger partial charge is 0.174 e. The minimum atomic E-state index is 0.561. The van der Waals surface area contributed by atoms with Crippen molar-refractivity contribution in [2.24, 2.45) is 0 Å². The van der Waals surface area contributed by atoms with Gasteiger partial charge in [-0.15, -0.1) is 0 Å². The Kier molecular flexibility index (Phi) is 5.64. The van der Waals surface area contributed by atoms with Crippen molar-refractivity contribution in [3.63, 3.8) is 0 Å². The molecule has 0 aliphatic rings. The molecule has 0 spiro atoms. The minimum absolute atomic E-state index is 0.561. The van der Waals surface area contributed by atoms with E-state index in [1.54, 1.807) is 19.6 Å². The van der Waals surface area contributed by atoms with Crippen molar-refractivity contribution in [3.8, 4) is 5.75 Å². The number of ether oxygens (including phenoxy) is 1. The summed E-state index contributed by atoms with van der Waals surface area (Å²) in [5.74, 6) is 1.65. The highest BCUT2D eigenvalue weighted by atomic mass is 32.1. The normalized spacial score (nSPS) is 10.3. The predicted octanol–water partition coefficient (Wildman–Crippen LogP) is 4.08. The maximum atomic E-state index is 5.61. The van der Waals surface area contributed by atoms with Gasteiger partial charge in [-0.2, -0.15) is 0 Å². The molecule has 0 aliphatic heterocycles. The third kappa shape index (κ3) is 4.81. The van der Waals surface area contributed by atoms with E-state index in [9.17, 15) is 0 Å². The molecule has 5 nitrogen and oxygen atoms in total. The maximum Gasteiger partial charge on any atom is 0.174 e. The molecule has 0 amide bonds. The number of benzene rings is 1. The lowest BCUT2D eigenvalue weighted by Crippen LogP contribution is -2.34. The number of hydrogen-bond acceptors (Lipinski definition) is 4. The first-order valence-corrected chi connectivity index (χ1v) is 8.27. The van der Waals surface area contributed by atoms with Crippen molar-refractivity contribution < 1.29 is 9.15 Å². The van der Waals surface area contributed by atoms with Gasteiger partial charge >= 0.3 is 0 Å². The predicted molar refractivity (Wildman–Crippen MR) is 101 cm³/mol. The Morgan fingerprint density at radius 3 is 2.60 bits per heavy atom. The largest absolute Gasteiger partial charge is 0.497 e. The van der Waals surface area contributed by atoms with Gasteiger partial charge in [0, 0.05) is 11.9 Å². The molecule has 0 saturated heterocycles. The first kappa shape index (κ1) is 17.0. The molecule has 1 N–H and O–H groups in total. The highest BCUT2D eigenvalue weighted by molar-refractivity contribution is 7.80. The number of rotatable bonds is 6. The second kappa shape index (κ2) is 8.30. The Balaban J connectivity index is 1.73. The van der Waals surface area contributed by atoms with Gasteiger partial charge in [-0.3, -0.25) is 4.98 Å². The fraction of sp³-hybridized carbons (Fsp3) is 0.158. The Morgan fingerprint density at radius 1 is 1.12 bits per heavy atom. The van der Waals surface area contributed by atoms with Crippen LogP contribution in [-0.2, 0) is 13.1 Å². The number of nitrogens with one attached hydrogen (secondary N) is 1. The lowest BCUT2D eigenvalue weighted by molar-refractivity contribution is 0.357. The van der Waals surface area contributed by atoms with E-state index in [-0.39, 0.29) is 0 Å². The maximum absolute atomic E-state index is 5.61. The fourth-order valence-electron chi connectivity index (χ4n) is 2.35. The fourth-order valence-corrected chi connectivity index (χ4v) is 2.60. The SMILES string of the molecule is COc1ccc(NC(=S)N(Cc2ccccn2)Cc2ccco2)cc1. The van der Waals surface area contributed by atoms with Gasteiger partial charge in [0.05, 0.1) is 32.2 Å². The lowest BCUT2D eigenvalue weighted by atomic mass is 10.3. The first-order chi connectivity index (χ1) is 12.2. The summed E-state index contributed by atoms with van der Waals surface area (Å²) >= 11 is 5.61. The third-order valence-corrected chi connectivity index (χ3v) is 3.99. The van der Waals surface area contributed by atoms with Crippen molar-refractivity contribution in [2.45, 2.75) is 13.1 Å². The number of nitrogens with zero attached hydrogens (tertiary/aromatic N) is 2. The second-order valence-electron chi connectivity index (χ2n) is 5.42. The number of aromatic nitrogens is 1. The summed E-state index contributed by atoms with van der Waals surface area (Å²) in [4.78, 5) is 6.40. The number of methoxy groups -OCH3 is 1. The van der Waals surface area contributed by atoms with Crippen molar-refractivity contribution in [2.75, 3.05) is 12.4 Å². The molecule has 0 aliphatic carbocycles. The van der Waals surface area contributed by atoms with E-state index in [4.69, 9.17) is 21.4 Å². The minimum Gasteiger partial charge on any atom is -0.497 e. The topological polar surface area (TPSA) is 50.5 Å². The van der Waals surface area contributed by atoms with Gasteiger partial charge in [0.25, 0.3) is 0 Å². The van der Waals surface area contributed by atoms with E-state index in [0.717, 1.165) is 22.9 Å². The molecular weight excluding hydrogens is 334 g/mol.